The summed E-state index contributed by atoms with van der Waals surface area (Å²) in [5, 5.41) is 0. The highest BCUT2D eigenvalue weighted by Crippen LogP contribution is 2.16. The van der Waals surface area contributed by atoms with Crippen molar-refractivity contribution in [1.29, 1.82) is 0 Å². The number of rotatable bonds is 6. The lowest BCUT2D eigenvalue weighted by Gasteiger charge is -2.09. The van der Waals surface area contributed by atoms with Gasteiger partial charge in [-0.1, -0.05) is 17.7 Å². The van der Waals surface area contributed by atoms with Crippen LogP contribution in [0.3, 0.4) is 0 Å². The molecule has 0 aliphatic carbocycles. The third-order valence-corrected chi connectivity index (χ3v) is 4.16. The van der Waals surface area contributed by atoms with Gasteiger partial charge in [0, 0.05) is 6.54 Å². The lowest BCUT2D eigenvalue weighted by atomic mass is 10.2. The molecule has 0 saturated carbocycles. The maximum atomic E-state index is 12.0. The van der Waals surface area contributed by atoms with Gasteiger partial charge in [0.05, 0.1) is 4.90 Å². The van der Waals surface area contributed by atoms with E-state index in [1.807, 2.05) is 13.0 Å². The van der Waals surface area contributed by atoms with Crippen molar-refractivity contribution in [2.45, 2.75) is 31.6 Å². The van der Waals surface area contributed by atoms with E-state index < -0.39 is 10.0 Å². The monoisotopic (exact) mass is 292 g/mol. The number of nitrogens with two attached hydrogens (primary N) is 1. The normalized spacial score (nSPS) is 11.1. The van der Waals surface area contributed by atoms with Crippen molar-refractivity contribution in [1.82, 2.24) is 4.72 Å². The van der Waals surface area contributed by atoms with Gasteiger partial charge in [0.25, 0.3) is 0 Å². The van der Waals surface area contributed by atoms with Crippen molar-refractivity contribution in [2.75, 3.05) is 13.1 Å². The minimum Gasteiger partial charge on any atom is -0.330 e. The Hall–Kier alpha value is -0.620. The molecule has 0 amide bonds. The molecule has 0 atom stereocenters. The molecule has 4 nitrogen and oxygen atoms in total. The highest BCUT2D eigenvalue weighted by molar-refractivity contribution is 7.89. The predicted molar refractivity (Wildman–Crippen MR) is 76.6 cm³/mol. The number of benzene rings is 1. The van der Waals surface area contributed by atoms with Crippen LogP contribution in [0, 0.1) is 13.8 Å². The van der Waals surface area contributed by atoms with Crippen LogP contribution >= 0.6 is 12.4 Å². The quantitative estimate of drug-likeness (QED) is 0.785. The van der Waals surface area contributed by atoms with E-state index in [0.29, 0.717) is 18.0 Å². The molecule has 0 spiro atoms. The minimum absolute atomic E-state index is 0. The van der Waals surface area contributed by atoms with E-state index in [1.165, 1.54) is 0 Å². The highest BCUT2D eigenvalue weighted by atomic mass is 35.5. The maximum absolute atomic E-state index is 12.0. The second kappa shape index (κ2) is 7.74. The number of aryl methyl sites for hydroxylation is 2. The smallest absolute Gasteiger partial charge is 0.240 e. The summed E-state index contributed by atoms with van der Waals surface area (Å²) in [6.07, 6.45) is 1.59. The van der Waals surface area contributed by atoms with Gasteiger partial charge in [-0.3, -0.25) is 0 Å². The van der Waals surface area contributed by atoms with Crippen molar-refractivity contribution in [3.63, 3.8) is 0 Å². The Morgan fingerprint density at radius 3 is 2.44 bits per heavy atom. The number of sulfonamides is 1. The molecule has 1 aromatic carbocycles. The van der Waals surface area contributed by atoms with E-state index >= 15 is 0 Å². The SMILES string of the molecule is Cc1ccc(S(=O)(=O)NCCCCN)c(C)c1.Cl. The predicted octanol–water partition coefficient (Wildman–Crippen LogP) is 1.74. The summed E-state index contributed by atoms with van der Waals surface area (Å²) < 4.78 is 26.6. The van der Waals surface area contributed by atoms with E-state index in [9.17, 15) is 8.42 Å². The number of halogens is 1. The van der Waals surface area contributed by atoms with Crippen LogP contribution in [-0.4, -0.2) is 21.5 Å². The fourth-order valence-corrected chi connectivity index (χ4v) is 2.95. The molecule has 0 fully saturated rings. The van der Waals surface area contributed by atoms with Gasteiger partial charge in [-0.15, -0.1) is 12.4 Å². The van der Waals surface area contributed by atoms with E-state index in [0.717, 1.165) is 24.0 Å². The minimum atomic E-state index is -3.38. The Labute approximate surface area is 115 Å². The van der Waals surface area contributed by atoms with Gasteiger partial charge in [0.1, 0.15) is 0 Å². The van der Waals surface area contributed by atoms with Gasteiger partial charge in [0.15, 0.2) is 0 Å². The summed E-state index contributed by atoms with van der Waals surface area (Å²) in [6.45, 7) is 4.78. The summed E-state index contributed by atoms with van der Waals surface area (Å²) in [5.74, 6) is 0. The van der Waals surface area contributed by atoms with E-state index in [4.69, 9.17) is 5.73 Å². The zero-order chi connectivity index (χ0) is 12.9. The highest BCUT2D eigenvalue weighted by Gasteiger charge is 2.15. The molecule has 0 heterocycles. The maximum Gasteiger partial charge on any atom is 0.240 e. The first-order chi connectivity index (χ1) is 7.97. The fourth-order valence-electron chi connectivity index (χ4n) is 1.65. The van der Waals surface area contributed by atoms with Crippen molar-refractivity contribution in [3.05, 3.63) is 29.3 Å². The van der Waals surface area contributed by atoms with Gasteiger partial charge >= 0.3 is 0 Å². The van der Waals surface area contributed by atoms with Crippen LogP contribution in [0.1, 0.15) is 24.0 Å². The number of nitrogens with one attached hydrogen (secondary N) is 1. The van der Waals surface area contributed by atoms with Crippen LogP contribution in [0.15, 0.2) is 23.1 Å². The lowest BCUT2D eigenvalue weighted by molar-refractivity contribution is 0.576. The summed E-state index contributed by atoms with van der Waals surface area (Å²) in [5.41, 5.74) is 7.19. The van der Waals surface area contributed by atoms with E-state index in [1.54, 1.807) is 19.1 Å². The largest absolute Gasteiger partial charge is 0.330 e. The molecule has 18 heavy (non-hydrogen) atoms. The Morgan fingerprint density at radius 2 is 1.89 bits per heavy atom. The van der Waals surface area contributed by atoms with E-state index in [-0.39, 0.29) is 12.4 Å². The summed E-state index contributed by atoms with van der Waals surface area (Å²) in [4.78, 5) is 0.357. The molecule has 0 aliphatic heterocycles. The Bertz CT molecular complexity index is 475. The van der Waals surface area contributed by atoms with Crippen molar-refractivity contribution < 1.29 is 8.42 Å². The van der Waals surface area contributed by atoms with Crippen LogP contribution < -0.4 is 10.5 Å². The first-order valence-electron chi connectivity index (χ1n) is 5.74. The Kier molecular flexibility index (Phi) is 7.47. The molecular weight excluding hydrogens is 272 g/mol. The summed E-state index contributed by atoms with van der Waals surface area (Å²) >= 11 is 0. The average molecular weight is 293 g/mol. The molecule has 0 saturated heterocycles. The number of unbranched alkanes of at least 4 members (excludes halogenated alkanes) is 1. The molecule has 0 aromatic heterocycles. The molecule has 1 rings (SSSR count). The van der Waals surface area contributed by atoms with Crippen molar-refractivity contribution in [2.24, 2.45) is 5.73 Å². The standard InChI is InChI=1S/C12H20N2O2S.ClH/c1-10-5-6-12(11(2)9-10)17(15,16)14-8-4-3-7-13;/h5-6,9,14H,3-4,7-8,13H2,1-2H3;1H. The van der Waals surface area contributed by atoms with Crippen LogP contribution in [0.5, 0.6) is 0 Å². The van der Waals surface area contributed by atoms with E-state index in [2.05, 4.69) is 4.72 Å². The van der Waals surface area contributed by atoms with Gasteiger partial charge in [-0.25, -0.2) is 13.1 Å². The van der Waals surface area contributed by atoms with Crippen molar-refractivity contribution in [3.8, 4) is 0 Å². The number of hydrogen-bond acceptors (Lipinski definition) is 3. The van der Waals surface area contributed by atoms with Gasteiger partial charge < -0.3 is 5.73 Å². The number of hydrogen-bond donors (Lipinski definition) is 2. The van der Waals surface area contributed by atoms with Gasteiger partial charge in [0.2, 0.25) is 10.0 Å². The molecule has 104 valence electrons. The Morgan fingerprint density at radius 1 is 1.22 bits per heavy atom. The molecule has 0 unspecified atom stereocenters. The van der Waals surface area contributed by atoms with Gasteiger partial charge in [-0.2, -0.15) is 0 Å². The summed E-state index contributed by atoms with van der Waals surface area (Å²) in [7, 11) is -3.38. The Balaban J connectivity index is 0.00000289. The third-order valence-electron chi connectivity index (χ3n) is 2.54. The third kappa shape index (κ3) is 4.94. The van der Waals surface area contributed by atoms with Crippen LogP contribution in [-0.2, 0) is 10.0 Å². The second-order valence-electron chi connectivity index (χ2n) is 4.16. The first kappa shape index (κ1) is 17.4. The molecule has 6 heteroatoms. The van der Waals surface area contributed by atoms with Crippen molar-refractivity contribution >= 4 is 22.4 Å². The molecule has 0 radical (unpaired) electrons. The molecule has 0 aliphatic rings. The summed E-state index contributed by atoms with van der Waals surface area (Å²) in [6, 6.07) is 5.33. The topological polar surface area (TPSA) is 72.2 Å². The average Bonchev–Trinajstić information content (AvgIpc) is 2.24. The van der Waals surface area contributed by atoms with Gasteiger partial charge in [-0.05, 0) is 44.9 Å². The zero-order valence-corrected chi connectivity index (χ0v) is 12.4. The lowest BCUT2D eigenvalue weighted by Crippen LogP contribution is -2.25. The van der Waals surface area contributed by atoms with Crippen LogP contribution in [0.25, 0.3) is 0 Å². The first-order valence-corrected chi connectivity index (χ1v) is 7.22. The molecular formula is C12H21ClN2O2S. The molecule has 3 N–H and O–H groups in total. The van der Waals surface area contributed by atoms with Crippen LogP contribution in [0.4, 0.5) is 0 Å². The van der Waals surface area contributed by atoms with Crippen LogP contribution in [0.2, 0.25) is 0 Å². The second-order valence-corrected chi connectivity index (χ2v) is 5.90. The molecule has 0 bridgehead atoms. The zero-order valence-electron chi connectivity index (χ0n) is 10.8. The molecule has 1 aromatic rings. The fraction of sp³-hybridized carbons (Fsp3) is 0.500.